The van der Waals surface area contributed by atoms with Gasteiger partial charge in [-0.3, -0.25) is 4.57 Å². The topological polar surface area (TPSA) is 132 Å². The van der Waals surface area contributed by atoms with Gasteiger partial charge in [0.15, 0.2) is 24.1 Å². The highest BCUT2D eigenvalue weighted by molar-refractivity contribution is 14.1. The van der Waals surface area contributed by atoms with Crippen LogP contribution >= 0.6 is 22.6 Å². The third-order valence-corrected chi connectivity index (χ3v) is 8.39. The van der Waals surface area contributed by atoms with Gasteiger partial charge >= 0.3 is 17.9 Å². The summed E-state index contributed by atoms with van der Waals surface area (Å²) in [6.45, 7) is 5.43. The minimum atomic E-state index is -1.18. The van der Waals surface area contributed by atoms with Crippen molar-refractivity contribution >= 4 is 51.7 Å². The van der Waals surface area contributed by atoms with E-state index in [1.807, 2.05) is 20.8 Å². The fourth-order valence-electron chi connectivity index (χ4n) is 5.04. The number of aryl methyl sites for hydroxylation is 3. The van der Waals surface area contributed by atoms with Crippen molar-refractivity contribution < 1.29 is 33.3 Å². The van der Waals surface area contributed by atoms with Crippen molar-refractivity contribution in [3.05, 3.63) is 123 Å². The number of benzene rings is 3. The van der Waals surface area contributed by atoms with E-state index in [0.717, 1.165) is 16.7 Å². The lowest BCUT2D eigenvalue weighted by Crippen LogP contribution is -2.41. The van der Waals surface area contributed by atoms with Crippen molar-refractivity contribution in [2.75, 3.05) is 6.61 Å². The van der Waals surface area contributed by atoms with E-state index < -0.39 is 42.4 Å². The Morgan fingerprint density at radius 2 is 1.22 bits per heavy atom. The van der Waals surface area contributed by atoms with E-state index in [9.17, 15) is 14.4 Å². The van der Waals surface area contributed by atoms with Crippen LogP contribution in [0.25, 0.3) is 11.2 Å². The number of halogens is 1. The van der Waals surface area contributed by atoms with Gasteiger partial charge in [0.1, 0.15) is 28.3 Å². The van der Waals surface area contributed by atoms with Crippen LogP contribution in [0.2, 0.25) is 0 Å². The molecule has 0 radical (unpaired) electrons. The Morgan fingerprint density at radius 1 is 0.717 bits per heavy atom. The Bertz CT molecular complexity index is 1890. The molecule has 1 fully saturated rings. The maximum atomic E-state index is 13.5. The standard InChI is InChI=1S/C34H29IN4O7/c1-19-4-10-22(11-5-19)32(40)43-16-25-27(45-33(41)23-12-6-20(2)7-13-23)28(46-34(42)24-14-8-21(3)9-15-24)31(44-25)39-18-38-26-29(35)36-17-37-30(26)39/h4-15,17-18,25,27-28,31H,16H2,1-3H3/t25-,27-,28-,31-/m1/s1. The van der Waals surface area contributed by atoms with Crippen LogP contribution < -0.4 is 0 Å². The molecule has 46 heavy (non-hydrogen) atoms. The van der Waals surface area contributed by atoms with Crippen LogP contribution in [0.15, 0.2) is 85.5 Å². The number of aromatic nitrogens is 4. The fraction of sp³-hybridized carbons (Fsp3) is 0.235. The van der Waals surface area contributed by atoms with E-state index in [1.165, 1.54) is 12.7 Å². The van der Waals surface area contributed by atoms with Crippen molar-refractivity contribution in [2.24, 2.45) is 0 Å². The van der Waals surface area contributed by atoms with Crippen molar-refractivity contribution in [1.29, 1.82) is 0 Å². The third kappa shape index (κ3) is 6.63. The van der Waals surface area contributed by atoms with Gasteiger partial charge in [-0.05, 0) is 79.8 Å². The molecule has 2 aromatic heterocycles. The molecular formula is C34H29IN4O7. The Balaban J connectivity index is 1.37. The van der Waals surface area contributed by atoms with Gasteiger partial charge in [-0.1, -0.05) is 53.1 Å². The first-order valence-corrected chi connectivity index (χ1v) is 15.5. The highest BCUT2D eigenvalue weighted by atomic mass is 127. The molecule has 11 nitrogen and oxygen atoms in total. The number of rotatable bonds is 8. The first-order chi connectivity index (χ1) is 22.2. The highest BCUT2D eigenvalue weighted by Gasteiger charge is 2.52. The van der Waals surface area contributed by atoms with Gasteiger partial charge < -0.3 is 18.9 Å². The quantitative estimate of drug-likeness (QED) is 0.0865. The average Bonchev–Trinajstić information content (AvgIpc) is 3.62. The monoisotopic (exact) mass is 732 g/mol. The first-order valence-electron chi connectivity index (χ1n) is 14.5. The van der Waals surface area contributed by atoms with E-state index >= 15 is 0 Å². The molecule has 5 aromatic rings. The molecule has 12 heteroatoms. The number of hydrogen-bond acceptors (Lipinski definition) is 10. The zero-order valence-electron chi connectivity index (χ0n) is 25.1. The molecule has 1 saturated heterocycles. The first kappa shape index (κ1) is 31.3. The molecule has 1 aliphatic rings. The molecule has 1 aliphatic heterocycles. The summed E-state index contributed by atoms with van der Waals surface area (Å²) in [6, 6.07) is 20.7. The summed E-state index contributed by atoms with van der Waals surface area (Å²) in [5.41, 5.74) is 4.80. The van der Waals surface area contributed by atoms with Crippen LogP contribution in [-0.2, 0) is 18.9 Å². The van der Waals surface area contributed by atoms with Crippen molar-refractivity contribution in [1.82, 2.24) is 19.5 Å². The summed E-state index contributed by atoms with van der Waals surface area (Å²) in [5, 5.41) is 0. The maximum Gasteiger partial charge on any atom is 0.338 e. The molecule has 0 unspecified atom stereocenters. The minimum absolute atomic E-state index is 0.295. The van der Waals surface area contributed by atoms with Gasteiger partial charge in [0.05, 0.1) is 23.0 Å². The van der Waals surface area contributed by atoms with Crippen LogP contribution in [0.4, 0.5) is 0 Å². The number of carbonyl (C=O) groups excluding carboxylic acids is 3. The van der Waals surface area contributed by atoms with E-state index in [0.29, 0.717) is 31.6 Å². The summed E-state index contributed by atoms with van der Waals surface area (Å²) < 4.78 is 26.4. The number of imidazole rings is 1. The normalized spacial score (nSPS) is 19.1. The molecule has 3 heterocycles. The number of fused-ring (bicyclic) bond motifs is 1. The maximum absolute atomic E-state index is 13.5. The Kier molecular flexibility index (Phi) is 9.08. The second kappa shape index (κ2) is 13.3. The van der Waals surface area contributed by atoms with E-state index in [1.54, 1.807) is 77.4 Å². The van der Waals surface area contributed by atoms with Crippen molar-refractivity contribution in [2.45, 2.75) is 45.3 Å². The lowest BCUT2D eigenvalue weighted by molar-refractivity contribution is -0.0606. The highest BCUT2D eigenvalue weighted by Crippen LogP contribution is 2.37. The largest absolute Gasteiger partial charge is 0.459 e. The van der Waals surface area contributed by atoms with Gasteiger partial charge in [-0.25, -0.2) is 29.3 Å². The zero-order valence-corrected chi connectivity index (χ0v) is 27.3. The predicted molar refractivity (Wildman–Crippen MR) is 174 cm³/mol. The summed E-state index contributed by atoms with van der Waals surface area (Å²) in [4.78, 5) is 53.0. The third-order valence-electron chi connectivity index (χ3n) is 7.60. The number of carbonyl (C=O) groups is 3. The second-order valence-corrected chi connectivity index (χ2v) is 12.0. The molecule has 3 aromatic carbocycles. The van der Waals surface area contributed by atoms with Crippen LogP contribution in [0.1, 0.15) is 54.0 Å². The predicted octanol–water partition coefficient (Wildman–Crippen LogP) is 5.56. The fourth-order valence-corrected chi connectivity index (χ4v) is 5.54. The summed E-state index contributed by atoms with van der Waals surface area (Å²) in [6.07, 6.45) is -1.56. The van der Waals surface area contributed by atoms with Crippen molar-refractivity contribution in [3.8, 4) is 0 Å². The zero-order chi connectivity index (χ0) is 32.4. The van der Waals surface area contributed by atoms with E-state index in [2.05, 4.69) is 37.5 Å². The van der Waals surface area contributed by atoms with Gasteiger partial charge in [0.25, 0.3) is 0 Å². The molecule has 0 N–H and O–H groups in total. The smallest absolute Gasteiger partial charge is 0.338 e. The van der Waals surface area contributed by atoms with E-state index in [-0.39, 0.29) is 6.61 Å². The van der Waals surface area contributed by atoms with Gasteiger partial charge in [-0.2, -0.15) is 0 Å². The summed E-state index contributed by atoms with van der Waals surface area (Å²) in [7, 11) is 0. The SMILES string of the molecule is Cc1ccc(C(=O)OC[C@H]2O[C@@H](n3cnc4c(I)ncnc43)[C@H](OC(=O)c3ccc(C)cc3)[C@@H]2OC(=O)c2ccc(C)cc2)cc1. The average molecular weight is 733 g/mol. The number of ether oxygens (including phenoxy) is 4. The van der Waals surface area contributed by atoms with Gasteiger partial charge in [0, 0.05) is 0 Å². The van der Waals surface area contributed by atoms with Gasteiger partial charge in [0.2, 0.25) is 0 Å². The number of esters is 3. The molecule has 0 aliphatic carbocycles. The molecule has 0 saturated carbocycles. The van der Waals surface area contributed by atoms with E-state index in [4.69, 9.17) is 18.9 Å². The molecule has 4 atom stereocenters. The Hall–Kier alpha value is -4.69. The van der Waals surface area contributed by atoms with Crippen LogP contribution in [0.3, 0.4) is 0 Å². The number of hydrogen-bond donors (Lipinski definition) is 0. The van der Waals surface area contributed by atoms with Crippen LogP contribution in [0.5, 0.6) is 0 Å². The van der Waals surface area contributed by atoms with Crippen molar-refractivity contribution in [3.63, 3.8) is 0 Å². The molecular weight excluding hydrogens is 703 g/mol. The summed E-state index contributed by atoms with van der Waals surface area (Å²) >= 11 is 2.05. The molecule has 0 spiro atoms. The Labute approximate surface area is 278 Å². The lowest BCUT2D eigenvalue weighted by Gasteiger charge is -2.25. The second-order valence-electron chi connectivity index (χ2n) is 11.0. The molecule has 0 amide bonds. The Morgan fingerprint density at radius 3 is 1.76 bits per heavy atom. The number of nitrogens with zero attached hydrogens (tertiary/aromatic N) is 4. The lowest BCUT2D eigenvalue weighted by atomic mass is 10.1. The van der Waals surface area contributed by atoms with Crippen LogP contribution in [0, 0.1) is 24.5 Å². The minimum Gasteiger partial charge on any atom is -0.459 e. The summed E-state index contributed by atoms with van der Waals surface area (Å²) in [5.74, 6) is -1.90. The van der Waals surface area contributed by atoms with Crippen LogP contribution in [-0.4, -0.2) is 62.3 Å². The molecule has 234 valence electrons. The molecule has 0 bridgehead atoms. The molecule has 6 rings (SSSR count). The van der Waals surface area contributed by atoms with Gasteiger partial charge in [-0.15, -0.1) is 0 Å².